The third-order valence-electron chi connectivity index (χ3n) is 4.18. The molecule has 0 spiro atoms. The van der Waals surface area contributed by atoms with Gasteiger partial charge in [0.25, 0.3) is 5.91 Å². The summed E-state index contributed by atoms with van der Waals surface area (Å²) in [5, 5.41) is 10.4. The third-order valence-corrected chi connectivity index (χ3v) is 4.18. The van der Waals surface area contributed by atoms with E-state index < -0.39 is 0 Å². The number of aliphatic hydroxyl groups is 1. The number of nitrogens with one attached hydrogen (secondary N) is 1. The summed E-state index contributed by atoms with van der Waals surface area (Å²) in [5.41, 5.74) is 4.56. The number of hydrogen-bond acceptors (Lipinski definition) is 3. The molecule has 0 radical (unpaired) electrons. The summed E-state index contributed by atoms with van der Waals surface area (Å²) in [7, 11) is 0. The van der Waals surface area contributed by atoms with Crippen LogP contribution < -0.4 is 0 Å². The first-order chi connectivity index (χ1) is 11.6. The molecule has 0 saturated carbocycles. The Balaban J connectivity index is 1.94. The number of nitrogens with zero attached hydrogens (tertiary/aromatic N) is 2. The normalized spacial score (nSPS) is 11.0. The standard InChI is InChI=1S/C19H21N3O2/c1-13-5-6-17-16(10-13)14(2)18(21-17)19(24)22(8-9-23)12-15-4-3-7-20-11-15/h3-7,10-11,21,23H,8-9,12H2,1-2H3. The molecule has 0 atom stereocenters. The number of H-pyrrole nitrogens is 1. The second-order valence-electron chi connectivity index (χ2n) is 5.99. The predicted octanol–water partition coefficient (Wildman–Crippen LogP) is 2.81. The number of aryl methyl sites for hydroxylation is 2. The molecule has 1 amide bonds. The van der Waals surface area contributed by atoms with Gasteiger partial charge in [0, 0.05) is 36.4 Å². The lowest BCUT2D eigenvalue weighted by Crippen LogP contribution is -2.33. The number of fused-ring (bicyclic) bond motifs is 1. The van der Waals surface area contributed by atoms with E-state index in [1.165, 1.54) is 0 Å². The number of amides is 1. The lowest BCUT2D eigenvalue weighted by atomic mass is 10.1. The Morgan fingerprint density at radius 3 is 2.83 bits per heavy atom. The first kappa shape index (κ1) is 16.2. The quantitative estimate of drug-likeness (QED) is 0.758. The van der Waals surface area contributed by atoms with E-state index in [0.717, 1.165) is 27.6 Å². The van der Waals surface area contributed by atoms with E-state index in [-0.39, 0.29) is 19.1 Å². The summed E-state index contributed by atoms with van der Waals surface area (Å²) in [5.74, 6) is -0.112. The Kier molecular flexibility index (Phi) is 4.62. The number of aromatic amines is 1. The van der Waals surface area contributed by atoms with Crippen LogP contribution in [0.4, 0.5) is 0 Å². The minimum Gasteiger partial charge on any atom is -0.395 e. The lowest BCUT2D eigenvalue weighted by Gasteiger charge is -2.21. The van der Waals surface area contributed by atoms with Gasteiger partial charge in [-0.2, -0.15) is 0 Å². The molecule has 124 valence electrons. The average molecular weight is 323 g/mol. The van der Waals surface area contributed by atoms with E-state index in [1.54, 1.807) is 17.3 Å². The van der Waals surface area contributed by atoms with Gasteiger partial charge in [0.1, 0.15) is 5.69 Å². The highest BCUT2D eigenvalue weighted by Crippen LogP contribution is 2.24. The number of rotatable bonds is 5. The van der Waals surface area contributed by atoms with Crippen LogP contribution in [-0.4, -0.2) is 39.0 Å². The summed E-state index contributed by atoms with van der Waals surface area (Å²) in [6.45, 7) is 4.60. The van der Waals surface area contributed by atoms with Crippen LogP contribution in [0.25, 0.3) is 10.9 Å². The number of hydrogen-bond donors (Lipinski definition) is 2. The highest BCUT2D eigenvalue weighted by Gasteiger charge is 2.21. The molecule has 1 aromatic carbocycles. The molecule has 0 aliphatic carbocycles. The summed E-state index contributed by atoms with van der Waals surface area (Å²) in [4.78, 5) is 21.9. The van der Waals surface area contributed by atoms with Crippen LogP contribution in [0.2, 0.25) is 0 Å². The molecule has 2 heterocycles. The average Bonchev–Trinajstić information content (AvgIpc) is 2.91. The topological polar surface area (TPSA) is 69.2 Å². The Labute approximate surface area is 141 Å². The number of carbonyl (C=O) groups is 1. The Morgan fingerprint density at radius 1 is 1.29 bits per heavy atom. The maximum Gasteiger partial charge on any atom is 0.270 e. The van der Waals surface area contributed by atoms with Gasteiger partial charge in [-0.05, 0) is 43.2 Å². The van der Waals surface area contributed by atoms with Crippen molar-refractivity contribution < 1.29 is 9.90 Å². The van der Waals surface area contributed by atoms with Gasteiger partial charge in [-0.1, -0.05) is 17.7 Å². The van der Waals surface area contributed by atoms with E-state index in [4.69, 9.17) is 0 Å². The second-order valence-corrected chi connectivity index (χ2v) is 5.99. The van der Waals surface area contributed by atoms with Crippen LogP contribution >= 0.6 is 0 Å². The lowest BCUT2D eigenvalue weighted by molar-refractivity contribution is 0.0702. The van der Waals surface area contributed by atoms with Gasteiger partial charge in [-0.25, -0.2) is 0 Å². The molecular weight excluding hydrogens is 302 g/mol. The molecule has 0 saturated heterocycles. The van der Waals surface area contributed by atoms with Crippen molar-refractivity contribution in [2.45, 2.75) is 20.4 Å². The van der Waals surface area contributed by atoms with Crippen LogP contribution in [-0.2, 0) is 6.54 Å². The highest BCUT2D eigenvalue weighted by atomic mass is 16.3. The zero-order valence-electron chi connectivity index (χ0n) is 13.9. The zero-order chi connectivity index (χ0) is 17.1. The predicted molar refractivity (Wildman–Crippen MR) is 93.8 cm³/mol. The number of carbonyl (C=O) groups excluding carboxylic acids is 1. The van der Waals surface area contributed by atoms with Crippen molar-refractivity contribution in [3.05, 3.63) is 65.1 Å². The van der Waals surface area contributed by atoms with Crippen molar-refractivity contribution in [3.63, 3.8) is 0 Å². The molecule has 0 bridgehead atoms. The van der Waals surface area contributed by atoms with Crippen molar-refractivity contribution in [2.24, 2.45) is 0 Å². The molecular formula is C19H21N3O2. The molecule has 0 aliphatic rings. The summed E-state index contributed by atoms with van der Waals surface area (Å²) in [6, 6.07) is 9.86. The fraction of sp³-hybridized carbons (Fsp3) is 0.263. The minimum absolute atomic E-state index is 0.0790. The van der Waals surface area contributed by atoms with Crippen LogP contribution in [0.5, 0.6) is 0 Å². The number of aliphatic hydroxyl groups excluding tert-OH is 1. The number of aromatic nitrogens is 2. The van der Waals surface area contributed by atoms with Gasteiger partial charge in [0.2, 0.25) is 0 Å². The first-order valence-electron chi connectivity index (χ1n) is 7.98. The minimum atomic E-state index is -0.112. The number of pyridine rings is 1. The van der Waals surface area contributed by atoms with Crippen molar-refractivity contribution in [3.8, 4) is 0 Å². The smallest absolute Gasteiger partial charge is 0.270 e. The number of benzene rings is 1. The molecule has 3 rings (SSSR count). The third kappa shape index (κ3) is 3.16. The molecule has 5 heteroatoms. The zero-order valence-corrected chi connectivity index (χ0v) is 13.9. The Bertz CT molecular complexity index is 856. The van der Waals surface area contributed by atoms with Crippen LogP contribution in [0, 0.1) is 13.8 Å². The maximum atomic E-state index is 13.0. The van der Waals surface area contributed by atoms with Crippen molar-refractivity contribution in [1.29, 1.82) is 0 Å². The Hall–Kier alpha value is -2.66. The fourth-order valence-corrected chi connectivity index (χ4v) is 2.90. The fourth-order valence-electron chi connectivity index (χ4n) is 2.90. The van der Waals surface area contributed by atoms with E-state index in [9.17, 15) is 9.90 Å². The molecule has 2 N–H and O–H groups in total. The van der Waals surface area contributed by atoms with Gasteiger partial charge in [0.05, 0.1) is 6.61 Å². The SMILES string of the molecule is Cc1ccc2[nH]c(C(=O)N(CCO)Cc3cccnc3)c(C)c2c1. The molecule has 5 nitrogen and oxygen atoms in total. The largest absolute Gasteiger partial charge is 0.395 e. The monoisotopic (exact) mass is 323 g/mol. The van der Waals surface area contributed by atoms with Gasteiger partial charge in [0.15, 0.2) is 0 Å². The van der Waals surface area contributed by atoms with E-state index in [0.29, 0.717) is 12.2 Å². The van der Waals surface area contributed by atoms with Gasteiger partial charge in [-0.15, -0.1) is 0 Å². The van der Waals surface area contributed by atoms with E-state index >= 15 is 0 Å². The molecule has 0 aliphatic heterocycles. The van der Waals surface area contributed by atoms with Crippen LogP contribution in [0.1, 0.15) is 27.2 Å². The molecule has 24 heavy (non-hydrogen) atoms. The van der Waals surface area contributed by atoms with Gasteiger partial charge < -0.3 is 15.0 Å². The molecule has 2 aromatic heterocycles. The summed E-state index contributed by atoms with van der Waals surface area (Å²) >= 11 is 0. The van der Waals surface area contributed by atoms with Gasteiger partial charge >= 0.3 is 0 Å². The van der Waals surface area contributed by atoms with Crippen molar-refractivity contribution in [1.82, 2.24) is 14.9 Å². The summed E-state index contributed by atoms with van der Waals surface area (Å²) in [6.07, 6.45) is 3.44. The van der Waals surface area contributed by atoms with Crippen molar-refractivity contribution >= 4 is 16.8 Å². The van der Waals surface area contributed by atoms with Crippen molar-refractivity contribution in [2.75, 3.05) is 13.2 Å². The molecule has 0 unspecified atom stereocenters. The maximum absolute atomic E-state index is 13.0. The van der Waals surface area contributed by atoms with Crippen LogP contribution in [0.3, 0.4) is 0 Å². The second kappa shape index (κ2) is 6.84. The van der Waals surface area contributed by atoms with Gasteiger partial charge in [-0.3, -0.25) is 9.78 Å². The first-order valence-corrected chi connectivity index (χ1v) is 7.98. The molecule has 0 fully saturated rings. The van der Waals surface area contributed by atoms with Crippen LogP contribution in [0.15, 0.2) is 42.7 Å². The van der Waals surface area contributed by atoms with E-state index in [2.05, 4.69) is 16.0 Å². The molecule has 3 aromatic rings. The Morgan fingerprint density at radius 2 is 2.12 bits per heavy atom. The highest BCUT2D eigenvalue weighted by molar-refractivity contribution is 6.01. The van der Waals surface area contributed by atoms with E-state index in [1.807, 2.05) is 38.1 Å². The summed E-state index contributed by atoms with van der Waals surface area (Å²) < 4.78 is 0.